The molecule has 1 aromatic heterocycles. The van der Waals surface area contributed by atoms with E-state index in [1.165, 1.54) is 29.4 Å². The minimum absolute atomic E-state index is 0.00146. The van der Waals surface area contributed by atoms with Gasteiger partial charge in [-0.15, -0.1) is 0 Å². The number of amides is 2. The molecule has 1 atom stereocenters. The standard InChI is InChI=1S/C27H29FN2O4/c1-2-33-21-16-14-19(15-17-21)25(26(31)29-20-9-4-3-5-10-20)30(23-12-7-6-11-22(23)28)27(32)24-13-8-18-34-24/h6-8,11-18,20,25H,2-5,9-10H2,1H3,(H,29,31)/t25-/m0/s1. The number of carbonyl (C=O) groups is 2. The van der Waals surface area contributed by atoms with Crippen LogP contribution in [0.25, 0.3) is 0 Å². The van der Waals surface area contributed by atoms with Crippen LogP contribution in [-0.4, -0.2) is 24.5 Å². The van der Waals surface area contributed by atoms with Gasteiger partial charge in [0.2, 0.25) is 5.91 Å². The SMILES string of the molecule is CCOc1ccc([C@@H](C(=O)NC2CCCCC2)N(C(=O)c2ccco2)c2ccccc2F)cc1. The van der Waals surface area contributed by atoms with E-state index in [2.05, 4.69) is 5.32 Å². The van der Waals surface area contributed by atoms with E-state index in [0.717, 1.165) is 32.1 Å². The van der Waals surface area contributed by atoms with Crippen molar-refractivity contribution in [2.45, 2.75) is 51.1 Å². The molecule has 1 fully saturated rings. The highest BCUT2D eigenvalue weighted by Crippen LogP contribution is 2.33. The van der Waals surface area contributed by atoms with E-state index >= 15 is 4.39 Å². The van der Waals surface area contributed by atoms with E-state index in [0.29, 0.717) is 17.9 Å². The second-order valence-electron chi connectivity index (χ2n) is 8.35. The first-order valence-electron chi connectivity index (χ1n) is 11.7. The van der Waals surface area contributed by atoms with Crippen LogP contribution in [0, 0.1) is 5.82 Å². The Bertz CT molecular complexity index is 1090. The van der Waals surface area contributed by atoms with Crippen LogP contribution in [0.4, 0.5) is 10.1 Å². The lowest BCUT2D eigenvalue weighted by Gasteiger charge is -2.33. The number of halogens is 1. The van der Waals surface area contributed by atoms with Gasteiger partial charge in [0, 0.05) is 6.04 Å². The van der Waals surface area contributed by atoms with Crippen molar-refractivity contribution in [3.05, 3.63) is 84.1 Å². The molecule has 7 heteroatoms. The summed E-state index contributed by atoms with van der Waals surface area (Å²) in [4.78, 5) is 28.5. The molecule has 3 aromatic rings. The van der Waals surface area contributed by atoms with E-state index in [4.69, 9.17) is 9.15 Å². The Balaban J connectivity index is 1.78. The first-order valence-corrected chi connectivity index (χ1v) is 11.7. The number of ether oxygens (including phenoxy) is 1. The molecule has 0 radical (unpaired) electrons. The highest BCUT2D eigenvalue weighted by molar-refractivity contribution is 6.08. The molecule has 1 heterocycles. The Morgan fingerprint density at radius 3 is 2.44 bits per heavy atom. The van der Waals surface area contributed by atoms with Crippen LogP contribution < -0.4 is 15.0 Å². The lowest BCUT2D eigenvalue weighted by Crippen LogP contribution is -2.47. The van der Waals surface area contributed by atoms with Crippen LogP contribution >= 0.6 is 0 Å². The number of hydrogen-bond donors (Lipinski definition) is 1. The number of furan rings is 1. The van der Waals surface area contributed by atoms with Gasteiger partial charge in [0.15, 0.2) is 5.76 Å². The summed E-state index contributed by atoms with van der Waals surface area (Å²) < 4.78 is 25.9. The molecule has 4 rings (SSSR count). The summed E-state index contributed by atoms with van der Waals surface area (Å²) in [5, 5.41) is 3.11. The predicted molar refractivity (Wildman–Crippen MR) is 127 cm³/mol. The molecule has 1 N–H and O–H groups in total. The van der Waals surface area contributed by atoms with Gasteiger partial charge >= 0.3 is 0 Å². The van der Waals surface area contributed by atoms with E-state index < -0.39 is 17.8 Å². The summed E-state index contributed by atoms with van der Waals surface area (Å²) in [5.74, 6) is -0.909. The van der Waals surface area contributed by atoms with Gasteiger partial charge in [-0.2, -0.15) is 0 Å². The van der Waals surface area contributed by atoms with Gasteiger partial charge < -0.3 is 14.5 Å². The Morgan fingerprint density at radius 1 is 1.06 bits per heavy atom. The van der Waals surface area contributed by atoms with Gasteiger partial charge in [0.25, 0.3) is 5.91 Å². The first-order chi connectivity index (χ1) is 16.6. The fourth-order valence-electron chi connectivity index (χ4n) is 4.39. The monoisotopic (exact) mass is 464 g/mol. The molecule has 1 saturated carbocycles. The van der Waals surface area contributed by atoms with Crippen LogP contribution in [0.5, 0.6) is 5.75 Å². The van der Waals surface area contributed by atoms with Crippen LogP contribution in [0.3, 0.4) is 0 Å². The van der Waals surface area contributed by atoms with Crippen molar-refractivity contribution in [2.75, 3.05) is 11.5 Å². The summed E-state index contributed by atoms with van der Waals surface area (Å²) in [5.41, 5.74) is 0.543. The van der Waals surface area contributed by atoms with Crippen molar-refractivity contribution in [1.82, 2.24) is 5.32 Å². The number of hydrogen-bond acceptors (Lipinski definition) is 4. The summed E-state index contributed by atoms with van der Waals surface area (Å²) in [6.07, 6.45) is 6.37. The van der Waals surface area contributed by atoms with Crippen molar-refractivity contribution < 1.29 is 23.1 Å². The predicted octanol–water partition coefficient (Wildman–Crippen LogP) is 5.65. The van der Waals surface area contributed by atoms with Gasteiger partial charge in [-0.05, 0) is 61.7 Å². The van der Waals surface area contributed by atoms with Crippen LogP contribution in [0.2, 0.25) is 0 Å². The Labute approximate surface area is 198 Å². The van der Waals surface area contributed by atoms with Crippen molar-refractivity contribution in [1.29, 1.82) is 0 Å². The summed E-state index contributed by atoms with van der Waals surface area (Å²) >= 11 is 0. The number of para-hydroxylation sites is 1. The second-order valence-corrected chi connectivity index (χ2v) is 8.35. The lowest BCUT2D eigenvalue weighted by atomic mass is 9.94. The van der Waals surface area contributed by atoms with Crippen LogP contribution in [-0.2, 0) is 4.79 Å². The van der Waals surface area contributed by atoms with Crippen LogP contribution in [0.1, 0.15) is 61.2 Å². The van der Waals surface area contributed by atoms with E-state index in [1.807, 2.05) is 6.92 Å². The van der Waals surface area contributed by atoms with Crippen LogP contribution in [0.15, 0.2) is 71.3 Å². The first kappa shape index (κ1) is 23.5. The van der Waals surface area contributed by atoms with Gasteiger partial charge in [-0.25, -0.2) is 4.39 Å². The third-order valence-corrected chi connectivity index (χ3v) is 6.03. The molecule has 178 valence electrons. The molecular formula is C27H29FN2O4. The third kappa shape index (κ3) is 5.30. The average Bonchev–Trinajstić information content (AvgIpc) is 3.39. The maximum absolute atomic E-state index is 15.0. The Kier molecular flexibility index (Phi) is 7.62. The van der Waals surface area contributed by atoms with Crippen molar-refractivity contribution in [2.24, 2.45) is 0 Å². The van der Waals surface area contributed by atoms with E-state index in [1.54, 1.807) is 42.5 Å². The highest BCUT2D eigenvalue weighted by Gasteiger charge is 2.36. The quantitative estimate of drug-likeness (QED) is 0.467. The molecule has 2 aromatic carbocycles. The minimum Gasteiger partial charge on any atom is -0.494 e. The number of benzene rings is 2. The summed E-state index contributed by atoms with van der Waals surface area (Å²) in [6, 6.07) is 14.9. The molecule has 0 bridgehead atoms. The maximum Gasteiger partial charge on any atom is 0.295 e. The van der Waals surface area contributed by atoms with Crippen molar-refractivity contribution in [3.8, 4) is 5.75 Å². The summed E-state index contributed by atoms with van der Waals surface area (Å²) in [7, 11) is 0. The van der Waals surface area contributed by atoms with Gasteiger partial charge in [0.05, 0.1) is 18.6 Å². The van der Waals surface area contributed by atoms with E-state index in [-0.39, 0.29) is 23.4 Å². The van der Waals surface area contributed by atoms with Gasteiger partial charge in [-0.1, -0.05) is 43.5 Å². The number of anilines is 1. The number of nitrogens with one attached hydrogen (secondary N) is 1. The molecule has 0 unspecified atom stereocenters. The maximum atomic E-state index is 15.0. The fourth-order valence-corrected chi connectivity index (χ4v) is 4.39. The molecule has 0 spiro atoms. The second kappa shape index (κ2) is 11.0. The van der Waals surface area contributed by atoms with Crippen molar-refractivity contribution in [3.63, 3.8) is 0 Å². The molecular weight excluding hydrogens is 435 g/mol. The molecule has 34 heavy (non-hydrogen) atoms. The number of nitrogens with zero attached hydrogens (tertiary/aromatic N) is 1. The zero-order valence-corrected chi connectivity index (χ0v) is 19.2. The number of carbonyl (C=O) groups excluding carboxylic acids is 2. The molecule has 6 nitrogen and oxygen atoms in total. The summed E-state index contributed by atoms with van der Waals surface area (Å²) in [6.45, 7) is 2.39. The molecule has 0 saturated heterocycles. The topological polar surface area (TPSA) is 71.8 Å². The lowest BCUT2D eigenvalue weighted by molar-refractivity contribution is -0.123. The minimum atomic E-state index is -1.10. The smallest absolute Gasteiger partial charge is 0.295 e. The van der Waals surface area contributed by atoms with E-state index in [9.17, 15) is 9.59 Å². The van der Waals surface area contributed by atoms with Gasteiger partial charge in [-0.3, -0.25) is 14.5 Å². The zero-order valence-electron chi connectivity index (χ0n) is 19.2. The Hall–Kier alpha value is -3.61. The van der Waals surface area contributed by atoms with Gasteiger partial charge in [0.1, 0.15) is 17.6 Å². The average molecular weight is 465 g/mol. The normalized spacial score (nSPS) is 14.9. The molecule has 1 aliphatic carbocycles. The largest absolute Gasteiger partial charge is 0.494 e. The Morgan fingerprint density at radius 2 is 1.79 bits per heavy atom. The fraction of sp³-hybridized carbons (Fsp3) is 0.333. The molecule has 2 amide bonds. The number of rotatable bonds is 8. The zero-order chi connectivity index (χ0) is 23.9. The van der Waals surface area contributed by atoms with Crippen molar-refractivity contribution >= 4 is 17.5 Å². The third-order valence-electron chi connectivity index (χ3n) is 6.03. The molecule has 1 aliphatic rings. The molecule has 0 aliphatic heterocycles. The highest BCUT2D eigenvalue weighted by atomic mass is 19.1.